The van der Waals surface area contributed by atoms with Crippen molar-refractivity contribution in [1.29, 1.82) is 0 Å². The molecular weight excluding hydrogens is 923 g/mol. The summed E-state index contributed by atoms with van der Waals surface area (Å²) in [6, 6.07) is 0. The lowest BCUT2D eigenvalue weighted by Crippen LogP contribution is -2.58. The summed E-state index contributed by atoms with van der Waals surface area (Å²) in [5.41, 5.74) is -1.92. The second-order valence-electron chi connectivity index (χ2n) is 20.6. The molecule has 0 aliphatic rings. The second-order valence-corrected chi connectivity index (χ2v) is 20.6. The van der Waals surface area contributed by atoms with Crippen LogP contribution in [0.3, 0.4) is 0 Å². The standard InChI is InChI=1S/C65H107NO8/c1-7-10-13-16-19-22-25-28-31-34-37-40-43-46-49-52-60(67)71-57-65(66-56-55-63(70)74-64(4,5)6,58-72-61(68)53-50-47-44-41-38-35-32-29-26-23-20-17-14-11-8-2)59-73-62(69)54-51-48-45-42-39-36-33-30-27-24-21-18-15-12-9-3/h16-33,66H,7-15,34-59H2,1-6H3/b19-16+,20-17+,21-18+,25-22+,26-23+,27-24+,31-28+,32-29+,33-30+. The number of unbranched alkanes of at least 4 members (excludes halogenated alkanes) is 21. The number of hydrogen-bond acceptors (Lipinski definition) is 9. The molecule has 0 saturated carbocycles. The number of carbonyl (C=O) groups excluding carboxylic acids is 4. The average Bonchev–Trinajstić information content (AvgIpc) is 3.37. The molecule has 0 heterocycles. The molecule has 0 aromatic rings. The van der Waals surface area contributed by atoms with Crippen molar-refractivity contribution in [2.45, 2.75) is 252 Å². The van der Waals surface area contributed by atoms with E-state index >= 15 is 0 Å². The van der Waals surface area contributed by atoms with Crippen LogP contribution >= 0.6 is 0 Å². The van der Waals surface area contributed by atoms with Gasteiger partial charge < -0.3 is 24.3 Å². The van der Waals surface area contributed by atoms with Gasteiger partial charge in [0.1, 0.15) is 31.0 Å². The Bertz CT molecular complexity index is 1490. The van der Waals surface area contributed by atoms with Gasteiger partial charge in [-0.05, 0) is 97.8 Å². The smallest absolute Gasteiger partial charge is 0.307 e. The minimum atomic E-state index is -1.26. The minimum absolute atomic E-state index is 0.0176. The Morgan fingerprint density at radius 3 is 0.892 bits per heavy atom. The fourth-order valence-corrected chi connectivity index (χ4v) is 7.56. The van der Waals surface area contributed by atoms with Crippen molar-refractivity contribution < 1.29 is 38.1 Å². The van der Waals surface area contributed by atoms with Crippen LogP contribution in [0.5, 0.6) is 0 Å². The molecule has 0 aliphatic heterocycles. The number of hydrogen-bond donors (Lipinski definition) is 1. The first-order valence-corrected chi connectivity index (χ1v) is 29.4. The Balaban J connectivity index is 5.43. The van der Waals surface area contributed by atoms with E-state index in [0.29, 0.717) is 19.3 Å². The highest BCUT2D eigenvalue weighted by molar-refractivity contribution is 5.71. The van der Waals surface area contributed by atoms with Crippen LogP contribution in [-0.2, 0) is 38.1 Å². The molecule has 0 fully saturated rings. The quantitative estimate of drug-likeness (QED) is 0.0275. The summed E-state index contributed by atoms with van der Waals surface area (Å²) in [6.07, 6.45) is 67.2. The van der Waals surface area contributed by atoms with Crippen molar-refractivity contribution in [3.05, 3.63) is 109 Å². The van der Waals surface area contributed by atoms with Crippen molar-refractivity contribution in [2.75, 3.05) is 26.4 Å². The average molecular weight is 1030 g/mol. The van der Waals surface area contributed by atoms with Crippen molar-refractivity contribution in [3.63, 3.8) is 0 Å². The number of esters is 4. The van der Waals surface area contributed by atoms with Gasteiger partial charge in [-0.1, -0.05) is 226 Å². The molecule has 0 rings (SSSR count). The van der Waals surface area contributed by atoms with Crippen LogP contribution < -0.4 is 5.32 Å². The molecule has 1 N–H and O–H groups in total. The summed E-state index contributed by atoms with van der Waals surface area (Å²) >= 11 is 0. The molecule has 0 bridgehead atoms. The summed E-state index contributed by atoms with van der Waals surface area (Å²) in [5.74, 6) is -1.52. The van der Waals surface area contributed by atoms with E-state index in [-0.39, 0.29) is 70.0 Å². The van der Waals surface area contributed by atoms with E-state index in [1.54, 1.807) is 0 Å². The van der Waals surface area contributed by atoms with E-state index in [1.807, 2.05) is 20.8 Å². The number of ether oxygens (including phenoxy) is 4. The highest BCUT2D eigenvalue weighted by Gasteiger charge is 2.36. The molecule has 420 valence electrons. The van der Waals surface area contributed by atoms with Gasteiger partial charge in [0.2, 0.25) is 0 Å². The Morgan fingerprint density at radius 2 is 0.608 bits per heavy atom. The third-order valence-electron chi connectivity index (χ3n) is 12.0. The van der Waals surface area contributed by atoms with Gasteiger partial charge in [-0.2, -0.15) is 0 Å². The van der Waals surface area contributed by atoms with Gasteiger partial charge in [0.25, 0.3) is 0 Å². The third-order valence-corrected chi connectivity index (χ3v) is 12.0. The molecule has 0 saturated heterocycles. The van der Waals surface area contributed by atoms with Crippen LogP contribution in [-0.4, -0.2) is 61.4 Å². The zero-order valence-electron chi connectivity index (χ0n) is 47.9. The van der Waals surface area contributed by atoms with Crippen molar-refractivity contribution in [1.82, 2.24) is 5.32 Å². The fourth-order valence-electron chi connectivity index (χ4n) is 7.56. The summed E-state index contributed by atoms with van der Waals surface area (Å²) in [4.78, 5) is 52.4. The molecule has 0 spiro atoms. The van der Waals surface area contributed by atoms with Crippen LogP contribution in [0.25, 0.3) is 0 Å². The summed E-state index contributed by atoms with van der Waals surface area (Å²) in [7, 11) is 0. The van der Waals surface area contributed by atoms with E-state index in [9.17, 15) is 19.2 Å². The molecule has 0 aliphatic carbocycles. The molecule has 0 aromatic carbocycles. The van der Waals surface area contributed by atoms with E-state index < -0.39 is 17.1 Å². The minimum Gasteiger partial charge on any atom is -0.463 e. The van der Waals surface area contributed by atoms with Gasteiger partial charge in [0, 0.05) is 25.8 Å². The van der Waals surface area contributed by atoms with E-state index in [4.69, 9.17) is 18.9 Å². The molecule has 0 radical (unpaired) electrons. The number of nitrogens with one attached hydrogen (secondary N) is 1. The maximum atomic E-state index is 13.2. The van der Waals surface area contributed by atoms with Gasteiger partial charge in [-0.15, -0.1) is 0 Å². The highest BCUT2D eigenvalue weighted by Crippen LogP contribution is 2.17. The number of rotatable bonds is 49. The van der Waals surface area contributed by atoms with Gasteiger partial charge in [0.05, 0.1) is 6.42 Å². The van der Waals surface area contributed by atoms with Crippen LogP contribution in [0.4, 0.5) is 0 Å². The molecule has 0 amide bonds. The highest BCUT2D eigenvalue weighted by atomic mass is 16.6. The monoisotopic (exact) mass is 1030 g/mol. The lowest BCUT2D eigenvalue weighted by Gasteiger charge is -2.33. The van der Waals surface area contributed by atoms with Crippen LogP contribution in [0.15, 0.2) is 109 Å². The van der Waals surface area contributed by atoms with Crippen molar-refractivity contribution in [2.24, 2.45) is 0 Å². The SMILES string of the molecule is CCCC/C=C/C=C/C=C/CCCCCCCC(=O)OCC(COC(=O)CCCCCCC/C=C/C=C/C=C/CCCC)(COC(=O)CCCCCCC/C=C/C=C/C=C/CCCC)NCCC(=O)OC(C)(C)C. The molecule has 0 unspecified atom stereocenters. The Kier molecular flexibility index (Phi) is 48.8. The Morgan fingerprint density at radius 1 is 0.338 bits per heavy atom. The van der Waals surface area contributed by atoms with Crippen LogP contribution in [0.1, 0.15) is 241 Å². The topological polar surface area (TPSA) is 117 Å². The van der Waals surface area contributed by atoms with E-state index in [2.05, 4.69) is 135 Å². The fraction of sp³-hybridized carbons (Fsp3) is 0.662. The lowest BCUT2D eigenvalue weighted by molar-refractivity contribution is -0.160. The lowest BCUT2D eigenvalue weighted by atomic mass is 10.0. The predicted octanol–water partition coefficient (Wildman–Crippen LogP) is 17.4. The van der Waals surface area contributed by atoms with Gasteiger partial charge >= 0.3 is 23.9 Å². The second kappa shape index (κ2) is 52.0. The summed E-state index contributed by atoms with van der Waals surface area (Å²) < 4.78 is 23.1. The summed E-state index contributed by atoms with van der Waals surface area (Å²) in [6.45, 7) is 11.6. The van der Waals surface area contributed by atoms with Crippen molar-refractivity contribution >= 4 is 23.9 Å². The molecule has 9 nitrogen and oxygen atoms in total. The molecule has 0 atom stereocenters. The molecule has 74 heavy (non-hydrogen) atoms. The van der Waals surface area contributed by atoms with Crippen molar-refractivity contribution in [3.8, 4) is 0 Å². The first kappa shape index (κ1) is 69.5. The number of carbonyl (C=O) groups is 4. The third kappa shape index (κ3) is 51.0. The normalized spacial score (nSPS) is 12.8. The van der Waals surface area contributed by atoms with E-state index in [0.717, 1.165) is 116 Å². The maximum absolute atomic E-state index is 13.2. The van der Waals surface area contributed by atoms with Gasteiger partial charge in [-0.3, -0.25) is 19.2 Å². The van der Waals surface area contributed by atoms with Gasteiger partial charge in [-0.25, -0.2) is 0 Å². The molecular formula is C65H107NO8. The Hall–Kier alpha value is -4.50. The van der Waals surface area contributed by atoms with Crippen LogP contribution in [0, 0.1) is 0 Å². The van der Waals surface area contributed by atoms with Gasteiger partial charge in [0.15, 0.2) is 0 Å². The Labute approximate surface area is 453 Å². The van der Waals surface area contributed by atoms with E-state index in [1.165, 1.54) is 38.5 Å². The first-order chi connectivity index (χ1) is 36.0. The molecule has 0 aromatic heterocycles. The molecule has 9 heteroatoms. The first-order valence-electron chi connectivity index (χ1n) is 29.4. The maximum Gasteiger partial charge on any atom is 0.307 e. The number of allylic oxidation sites excluding steroid dienone is 18. The predicted molar refractivity (Wildman–Crippen MR) is 312 cm³/mol. The van der Waals surface area contributed by atoms with Crippen LogP contribution in [0.2, 0.25) is 0 Å². The largest absolute Gasteiger partial charge is 0.463 e. The zero-order chi connectivity index (χ0) is 54.3. The zero-order valence-corrected chi connectivity index (χ0v) is 47.9. The summed E-state index contributed by atoms with van der Waals surface area (Å²) in [5, 5.41) is 3.31.